The van der Waals surface area contributed by atoms with Crippen LogP contribution in [0.1, 0.15) is 11.3 Å². The highest BCUT2D eigenvalue weighted by molar-refractivity contribution is 6.17. The minimum absolute atomic E-state index is 0.342. The number of fused-ring (bicyclic) bond motifs is 1. The first-order chi connectivity index (χ1) is 10.5. The van der Waals surface area contributed by atoms with Crippen LogP contribution in [0.5, 0.6) is 11.5 Å². The van der Waals surface area contributed by atoms with Crippen LogP contribution in [0.25, 0.3) is 10.9 Å². The molecule has 0 spiro atoms. The van der Waals surface area contributed by atoms with Crippen LogP contribution in [-0.4, -0.2) is 4.98 Å². The van der Waals surface area contributed by atoms with Crippen molar-refractivity contribution in [2.75, 3.05) is 0 Å². The Labute approximate surface area is 129 Å². The lowest BCUT2D eigenvalue weighted by atomic mass is 10.2. The van der Waals surface area contributed by atoms with Gasteiger partial charge >= 0.3 is 6.18 Å². The molecule has 0 aliphatic carbocycles. The average Bonchev–Trinajstić information content (AvgIpc) is 2.91. The van der Waals surface area contributed by atoms with E-state index in [2.05, 4.69) is 4.98 Å². The van der Waals surface area contributed by atoms with Crippen LogP contribution in [0.2, 0.25) is 0 Å². The zero-order chi connectivity index (χ0) is 15.7. The van der Waals surface area contributed by atoms with Crippen LogP contribution in [0, 0.1) is 0 Å². The van der Waals surface area contributed by atoms with Gasteiger partial charge in [0, 0.05) is 16.6 Å². The SMILES string of the molecule is FC(F)(F)c1ccc(Oc2cccc3[nH]c(CCl)cc23)cc1. The Morgan fingerprint density at radius 3 is 2.41 bits per heavy atom. The van der Waals surface area contributed by atoms with E-state index in [9.17, 15) is 13.2 Å². The van der Waals surface area contributed by atoms with E-state index in [1.54, 1.807) is 12.1 Å². The molecule has 0 aliphatic heterocycles. The van der Waals surface area contributed by atoms with Crippen molar-refractivity contribution < 1.29 is 17.9 Å². The second-order valence-electron chi connectivity index (χ2n) is 4.77. The van der Waals surface area contributed by atoms with Crippen molar-refractivity contribution in [2.24, 2.45) is 0 Å². The first-order valence-corrected chi connectivity index (χ1v) is 7.02. The molecule has 0 atom stereocenters. The number of rotatable bonds is 3. The number of alkyl halides is 4. The van der Waals surface area contributed by atoms with Crippen LogP contribution >= 0.6 is 11.6 Å². The molecule has 0 radical (unpaired) electrons. The van der Waals surface area contributed by atoms with E-state index in [1.807, 2.05) is 12.1 Å². The number of hydrogen-bond acceptors (Lipinski definition) is 1. The maximum Gasteiger partial charge on any atom is 0.416 e. The second kappa shape index (κ2) is 5.57. The summed E-state index contributed by atoms with van der Waals surface area (Å²) in [6.07, 6.45) is -4.35. The van der Waals surface area contributed by atoms with E-state index in [1.165, 1.54) is 12.1 Å². The smallest absolute Gasteiger partial charge is 0.416 e. The Hall–Kier alpha value is -2.14. The molecule has 2 aromatic carbocycles. The summed E-state index contributed by atoms with van der Waals surface area (Å²) in [5.41, 5.74) is 1.00. The van der Waals surface area contributed by atoms with Crippen molar-refractivity contribution in [3.8, 4) is 11.5 Å². The van der Waals surface area contributed by atoms with Gasteiger partial charge in [0.2, 0.25) is 0 Å². The van der Waals surface area contributed by atoms with Crippen molar-refractivity contribution in [3.63, 3.8) is 0 Å². The summed E-state index contributed by atoms with van der Waals surface area (Å²) in [6.45, 7) is 0. The van der Waals surface area contributed by atoms with Gasteiger partial charge in [-0.05, 0) is 42.5 Å². The van der Waals surface area contributed by atoms with E-state index in [-0.39, 0.29) is 0 Å². The molecular weight excluding hydrogens is 315 g/mol. The van der Waals surface area contributed by atoms with E-state index < -0.39 is 11.7 Å². The van der Waals surface area contributed by atoms with E-state index >= 15 is 0 Å². The molecule has 0 saturated heterocycles. The lowest BCUT2D eigenvalue weighted by molar-refractivity contribution is -0.137. The van der Waals surface area contributed by atoms with Gasteiger partial charge in [-0.3, -0.25) is 0 Å². The zero-order valence-electron chi connectivity index (χ0n) is 11.2. The van der Waals surface area contributed by atoms with Gasteiger partial charge in [0.15, 0.2) is 0 Å². The van der Waals surface area contributed by atoms with Crippen LogP contribution in [0.3, 0.4) is 0 Å². The predicted molar refractivity (Wildman–Crippen MR) is 79.4 cm³/mol. The third kappa shape index (κ3) is 2.90. The summed E-state index contributed by atoms with van der Waals surface area (Å²) in [7, 11) is 0. The minimum Gasteiger partial charge on any atom is -0.457 e. The lowest BCUT2D eigenvalue weighted by Gasteiger charge is -2.09. The van der Waals surface area contributed by atoms with E-state index in [0.29, 0.717) is 17.4 Å². The quantitative estimate of drug-likeness (QED) is 0.612. The molecule has 114 valence electrons. The third-order valence-electron chi connectivity index (χ3n) is 3.23. The first kappa shape index (κ1) is 14.8. The summed E-state index contributed by atoms with van der Waals surface area (Å²) in [4.78, 5) is 3.14. The molecular formula is C16H11ClF3NO. The number of benzene rings is 2. The highest BCUT2D eigenvalue weighted by atomic mass is 35.5. The fraction of sp³-hybridized carbons (Fsp3) is 0.125. The van der Waals surface area contributed by atoms with Crippen molar-refractivity contribution in [2.45, 2.75) is 12.1 Å². The maximum absolute atomic E-state index is 12.5. The van der Waals surface area contributed by atoms with Crippen LogP contribution in [-0.2, 0) is 12.1 Å². The molecule has 0 unspecified atom stereocenters. The maximum atomic E-state index is 12.5. The standard InChI is InChI=1S/C16H11ClF3NO/c17-9-11-8-13-14(21-11)2-1-3-15(13)22-12-6-4-10(5-7-12)16(18,19)20/h1-8,21H,9H2. The van der Waals surface area contributed by atoms with Crippen LogP contribution in [0.15, 0.2) is 48.5 Å². The second-order valence-corrected chi connectivity index (χ2v) is 5.04. The Morgan fingerprint density at radius 1 is 1.05 bits per heavy atom. The molecule has 22 heavy (non-hydrogen) atoms. The molecule has 6 heteroatoms. The Kier molecular flexibility index (Phi) is 3.74. The van der Waals surface area contributed by atoms with Gasteiger partial charge in [-0.1, -0.05) is 6.07 Å². The van der Waals surface area contributed by atoms with Gasteiger partial charge in [-0.25, -0.2) is 0 Å². The van der Waals surface area contributed by atoms with Crippen molar-refractivity contribution in [1.29, 1.82) is 0 Å². The number of aromatic amines is 1. The fourth-order valence-corrected chi connectivity index (χ4v) is 2.33. The highest BCUT2D eigenvalue weighted by Gasteiger charge is 2.30. The normalized spacial score (nSPS) is 11.8. The number of H-pyrrole nitrogens is 1. The predicted octanol–water partition coefficient (Wildman–Crippen LogP) is 5.72. The summed E-state index contributed by atoms with van der Waals surface area (Å²) < 4.78 is 43.3. The molecule has 0 amide bonds. The van der Waals surface area contributed by atoms with Gasteiger partial charge in [0.1, 0.15) is 11.5 Å². The lowest BCUT2D eigenvalue weighted by Crippen LogP contribution is -2.03. The number of ether oxygens (including phenoxy) is 1. The summed E-state index contributed by atoms with van der Waals surface area (Å²) in [5, 5.41) is 0.832. The van der Waals surface area contributed by atoms with Crippen molar-refractivity contribution in [3.05, 3.63) is 59.8 Å². The minimum atomic E-state index is -4.35. The molecule has 1 aromatic heterocycles. The first-order valence-electron chi connectivity index (χ1n) is 6.49. The van der Waals surface area contributed by atoms with Crippen LogP contribution < -0.4 is 4.74 Å². The summed E-state index contributed by atoms with van der Waals surface area (Å²) in [5.74, 6) is 1.24. The Morgan fingerprint density at radius 2 is 1.77 bits per heavy atom. The van der Waals surface area contributed by atoms with Crippen molar-refractivity contribution in [1.82, 2.24) is 4.98 Å². The molecule has 1 N–H and O–H groups in total. The van der Waals surface area contributed by atoms with Gasteiger partial charge < -0.3 is 9.72 Å². The van der Waals surface area contributed by atoms with Gasteiger partial charge in [0.25, 0.3) is 0 Å². The molecule has 0 saturated carbocycles. The molecule has 3 aromatic rings. The molecule has 0 bridgehead atoms. The number of nitrogens with one attached hydrogen (secondary N) is 1. The third-order valence-corrected chi connectivity index (χ3v) is 3.52. The largest absolute Gasteiger partial charge is 0.457 e. The Bertz CT molecular complexity index is 793. The highest BCUT2D eigenvalue weighted by Crippen LogP contribution is 2.33. The zero-order valence-corrected chi connectivity index (χ0v) is 12.0. The van der Waals surface area contributed by atoms with Crippen LogP contribution in [0.4, 0.5) is 13.2 Å². The molecule has 2 nitrogen and oxygen atoms in total. The van der Waals surface area contributed by atoms with Gasteiger partial charge in [-0.15, -0.1) is 11.6 Å². The number of halogens is 4. The number of hydrogen-bond donors (Lipinski definition) is 1. The summed E-state index contributed by atoms with van der Waals surface area (Å²) in [6, 6.07) is 11.9. The monoisotopic (exact) mass is 325 g/mol. The molecule has 1 heterocycles. The molecule has 0 aliphatic rings. The Balaban J connectivity index is 1.91. The topological polar surface area (TPSA) is 25.0 Å². The van der Waals surface area contributed by atoms with E-state index in [4.69, 9.17) is 16.3 Å². The fourth-order valence-electron chi connectivity index (χ4n) is 2.19. The molecule has 3 rings (SSSR count). The van der Waals surface area contributed by atoms with Crippen molar-refractivity contribution >= 4 is 22.5 Å². The average molecular weight is 326 g/mol. The molecule has 0 fully saturated rings. The number of aromatic nitrogens is 1. The van der Waals surface area contributed by atoms with Gasteiger partial charge in [-0.2, -0.15) is 13.2 Å². The summed E-state index contributed by atoms with van der Waals surface area (Å²) >= 11 is 5.79. The van der Waals surface area contributed by atoms with E-state index in [0.717, 1.165) is 28.7 Å². The van der Waals surface area contributed by atoms with Gasteiger partial charge in [0.05, 0.1) is 11.4 Å².